The van der Waals surface area contributed by atoms with E-state index in [1.807, 2.05) is 20.8 Å². The molecule has 6 nitrogen and oxygen atoms in total. The molecule has 2 aliphatic heterocycles. The van der Waals surface area contributed by atoms with Crippen LogP contribution in [0.5, 0.6) is 0 Å². The van der Waals surface area contributed by atoms with Crippen LogP contribution in [0.25, 0.3) is 0 Å². The second-order valence-corrected chi connectivity index (χ2v) is 13.1. The van der Waals surface area contributed by atoms with Gasteiger partial charge in [-0.2, -0.15) is 4.31 Å². The summed E-state index contributed by atoms with van der Waals surface area (Å²) in [6.07, 6.45) is 1.12. The van der Waals surface area contributed by atoms with Crippen molar-refractivity contribution in [2.45, 2.75) is 44.7 Å². The van der Waals surface area contributed by atoms with Crippen LogP contribution in [0.15, 0.2) is 36.4 Å². The third-order valence-corrected chi connectivity index (χ3v) is 8.91. The fraction of sp³-hybridized carbons (Fsp3) is 0.519. The maximum Gasteiger partial charge on any atom is 0.227 e. The van der Waals surface area contributed by atoms with Crippen molar-refractivity contribution in [1.82, 2.24) is 14.1 Å². The van der Waals surface area contributed by atoms with Crippen molar-refractivity contribution in [3.8, 4) is 0 Å². The van der Waals surface area contributed by atoms with Crippen LogP contribution in [-0.2, 0) is 14.8 Å². The lowest BCUT2D eigenvalue weighted by molar-refractivity contribution is -0.135. The molecule has 2 saturated heterocycles. The highest BCUT2D eigenvalue weighted by atomic mass is 32.2. The molecule has 2 heterocycles. The lowest BCUT2D eigenvalue weighted by atomic mass is 9.87. The average molecular weight is 556 g/mol. The zero-order valence-corrected chi connectivity index (χ0v) is 22.7. The van der Waals surface area contributed by atoms with Gasteiger partial charge in [-0.1, -0.05) is 12.1 Å². The van der Waals surface area contributed by atoms with Gasteiger partial charge in [0.05, 0.1) is 18.2 Å². The van der Waals surface area contributed by atoms with Crippen LogP contribution >= 0.6 is 0 Å². The predicted octanol–water partition coefficient (Wildman–Crippen LogP) is 4.29. The zero-order chi connectivity index (χ0) is 28.0. The van der Waals surface area contributed by atoms with Gasteiger partial charge < -0.3 is 4.90 Å². The molecule has 208 valence electrons. The Hall–Kier alpha value is -2.50. The normalized spacial score (nSPS) is 24.0. The van der Waals surface area contributed by atoms with Crippen LogP contribution in [0, 0.1) is 29.2 Å². The first-order valence-electron chi connectivity index (χ1n) is 12.6. The molecule has 1 amide bonds. The topological polar surface area (TPSA) is 60.9 Å². The number of amides is 1. The minimum atomic E-state index is -3.79. The highest BCUT2D eigenvalue weighted by Crippen LogP contribution is 2.39. The van der Waals surface area contributed by atoms with Gasteiger partial charge in [0.2, 0.25) is 15.9 Å². The Morgan fingerprint density at radius 1 is 0.868 bits per heavy atom. The smallest absolute Gasteiger partial charge is 0.227 e. The molecular weight excluding hydrogens is 522 g/mol. The third kappa shape index (κ3) is 5.89. The quantitative estimate of drug-likeness (QED) is 0.529. The molecule has 3 atom stereocenters. The third-order valence-electron chi connectivity index (χ3n) is 7.62. The molecule has 2 aromatic carbocycles. The second-order valence-electron chi connectivity index (χ2n) is 11.1. The van der Waals surface area contributed by atoms with Crippen LogP contribution in [0.1, 0.15) is 50.3 Å². The minimum absolute atomic E-state index is 0.0390. The first-order chi connectivity index (χ1) is 17.7. The number of rotatable bonds is 4. The molecule has 0 saturated carbocycles. The van der Waals surface area contributed by atoms with E-state index in [2.05, 4.69) is 4.90 Å². The largest absolute Gasteiger partial charge is 0.341 e. The number of hydrogen-bond acceptors (Lipinski definition) is 4. The number of carbonyl (C=O) groups excluding carboxylic acids is 1. The Labute approximate surface area is 221 Å². The molecule has 1 unspecified atom stereocenters. The molecular formula is C27H33F4N3O3S. The molecule has 0 radical (unpaired) electrons. The highest BCUT2D eigenvalue weighted by molar-refractivity contribution is 7.88. The molecule has 0 bridgehead atoms. The molecule has 0 N–H and O–H groups in total. The summed E-state index contributed by atoms with van der Waals surface area (Å²) in [7, 11) is -3.79. The molecule has 0 aliphatic carbocycles. The van der Waals surface area contributed by atoms with Crippen LogP contribution in [0.3, 0.4) is 0 Å². The number of nitrogens with zero attached hydrogens (tertiary/aromatic N) is 3. The summed E-state index contributed by atoms with van der Waals surface area (Å²) in [4.78, 5) is 17.5. The summed E-state index contributed by atoms with van der Waals surface area (Å²) in [5, 5.41) is 0. The molecule has 2 aliphatic rings. The summed E-state index contributed by atoms with van der Waals surface area (Å²) in [5.74, 6) is -4.47. The van der Waals surface area contributed by atoms with Crippen molar-refractivity contribution in [3.05, 3.63) is 70.8 Å². The fourth-order valence-corrected chi connectivity index (χ4v) is 6.66. The number of halogens is 4. The van der Waals surface area contributed by atoms with Crippen molar-refractivity contribution in [2.75, 3.05) is 39.0 Å². The van der Waals surface area contributed by atoms with E-state index in [-0.39, 0.29) is 48.6 Å². The summed E-state index contributed by atoms with van der Waals surface area (Å²) in [5.41, 5.74) is -0.00608. The fourth-order valence-electron chi connectivity index (χ4n) is 5.56. The van der Waals surface area contributed by atoms with Gasteiger partial charge in [-0.05, 0) is 44.9 Å². The molecule has 2 aromatic rings. The van der Waals surface area contributed by atoms with Gasteiger partial charge in [0.1, 0.15) is 23.3 Å². The van der Waals surface area contributed by atoms with Crippen LogP contribution < -0.4 is 0 Å². The van der Waals surface area contributed by atoms with Crippen LogP contribution in [-0.4, -0.2) is 72.9 Å². The van der Waals surface area contributed by atoms with Gasteiger partial charge in [-0.25, -0.2) is 26.0 Å². The summed E-state index contributed by atoms with van der Waals surface area (Å²) in [6.45, 7) is 6.87. The molecule has 0 aromatic heterocycles. The predicted molar refractivity (Wildman–Crippen MR) is 136 cm³/mol. The van der Waals surface area contributed by atoms with Crippen molar-refractivity contribution in [1.29, 1.82) is 0 Å². The molecule has 4 rings (SSSR count). The van der Waals surface area contributed by atoms with Crippen molar-refractivity contribution in [3.63, 3.8) is 0 Å². The van der Waals surface area contributed by atoms with E-state index >= 15 is 0 Å². The summed E-state index contributed by atoms with van der Waals surface area (Å²) >= 11 is 0. The molecule has 2 fully saturated rings. The number of likely N-dealkylation sites (tertiary alicyclic amines) is 1. The molecule has 0 spiro atoms. The zero-order valence-electron chi connectivity index (χ0n) is 21.9. The highest BCUT2D eigenvalue weighted by Gasteiger charge is 2.45. The number of sulfonamides is 1. The van der Waals surface area contributed by atoms with E-state index in [1.54, 1.807) is 4.90 Å². The number of hydrogen-bond donors (Lipinski definition) is 0. The Kier molecular flexibility index (Phi) is 7.94. The van der Waals surface area contributed by atoms with Gasteiger partial charge in [0, 0.05) is 61.9 Å². The second kappa shape index (κ2) is 10.6. The van der Waals surface area contributed by atoms with E-state index in [0.29, 0.717) is 19.2 Å². The standard InChI is InChI=1S/C27H33F4N3O3S/c1-27(2,3)33-15-21(19-7-5-17(28)13-23(19)30)22(16-33)26(35)32-10-9-25(34(12-11-32)38(4,36)37)20-8-6-18(29)14-24(20)31/h5-8,13-14,21-22,25H,9-12,15-16H2,1-4H3/t21-,22+,25?/m0/s1. The first kappa shape index (κ1) is 28.5. The van der Waals surface area contributed by atoms with E-state index < -0.39 is 51.2 Å². The van der Waals surface area contributed by atoms with Crippen LogP contribution in [0.2, 0.25) is 0 Å². The summed E-state index contributed by atoms with van der Waals surface area (Å²) < 4.78 is 83.1. The van der Waals surface area contributed by atoms with Gasteiger partial charge in [0.15, 0.2) is 0 Å². The van der Waals surface area contributed by atoms with Crippen molar-refractivity contribution < 1.29 is 30.8 Å². The average Bonchev–Trinajstić information content (AvgIpc) is 3.12. The van der Waals surface area contributed by atoms with E-state index in [4.69, 9.17) is 0 Å². The Morgan fingerprint density at radius 3 is 1.97 bits per heavy atom. The Morgan fingerprint density at radius 2 is 1.45 bits per heavy atom. The van der Waals surface area contributed by atoms with Gasteiger partial charge >= 0.3 is 0 Å². The number of benzene rings is 2. The molecule has 11 heteroatoms. The summed E-state index contributed by atoms with van der Waals surface area (Å²) in [6, 6.07) is 5.48. The van der Waals surface area contributed by atoms with Crippen LogP contribution in [0.4, 0.5) is 17.6 Å². The number of carbonyl (C=O) groups is 1. The maximum atomic E-state index is 14.8. The lowest BCUT2D eigenvalue weighted by Crippen LogP contribution is -2.43. The lowest BCUT2D eigenvalue weighted by Gasteiger charge is -2.32. The van der Waals surface area contributed by atoms with E-state index in [1.165, 1.54) is 18.2 Å². The van der Waals surface area contributed by atoms with Crippen molar-refractivity contribution >= 4 is 15.9 Å². The van der Waals surface area contributed by atoms with E-state index in [0.717, 1.165) is 22.7 Å². The van der Waals surface area contributed by atoms with Crippen molar-refractivity contribution in [2.24, 2.45) is 5.92 Å². The first-order valence-corrected chi connectivity index (χ1v) is 14.4. The Balaban J connectivity index is 1.64. The Bertz CT molecular complexity index is 1320. The van der Waals surface area contributed by atoms with Gasteiger partial charge in [0.25, 0.3) is 0 Å². The monoisotopic (exact) mass is 555 g/mol. The maximum absolute atomic E-state index is 14.8. The minimum Gasteiger partial charge on any atom is -0.341 e. The molecule has 38 heavy (non-hydrogen) atoms. The van der Waals surface area contributed by atoms with E-state index in [9.17, 15) is 30.8 Å². The van der Waals surface area contributed by atoms with Gasteiger partial charge in [-0.3, -0.25) is 9.69 Å². The van der Waals surface area contributed by atoms with Gasteiger partial charge in [-0.15, -0.1) is 0 Å². The SMILES string of the molecule is CC(C)(C)N1C[C@@H](C(=O)N2CCC(c3ccc(F)cc3F)N(S(C)(=O)=O)CC2)[C@H](c2ccc(F)cc2F)C1.